The number of hydrogen-bond donors (Lipinski definition) is 0. The Bertz CT molecular complexity index is 3810. The van der Waals surface area contributed by atoms with Gasteiger partial charge in [0.15, 0.2) is 11.6 Å². The van der Waals surface area contributed by atoms with Crippen LogP contribution in [0.5, 0.6) is 0 Å². The molecule has 0 amide bonds. The van der Waals surface area contributed by atoms with E-state index in [1.165, 1.54) is 48.5 Å². The van der Waals surface area contributed by atoms with Crippen LogP contribution in [-0.2, 0) is 78.2 Å². The van der Waals surface area contributed by atoms with Crippen LogP contribution in [0, 0.1) is 21.7 Å². The SMILES string of the molecule is CC(C)(C)CC(C)(C)OOC(=O)c1ccc(C(=O)c2ccc(C(=O)OOC(C)(C)CC(C)(C)C)c(C(=O)OOC(C)(C)CC(C)(C)C)c2)cc1C(=O)OOC(C)(C)CC(C)(C)C.CCCC(C)(C)OOC(=O)c1ccc(C(=O)c2ccc(C(=O)OOC(C)(C)CCC)c(C(=O)OOC(C)(C)CCC)c2)cc1C(=O)OOC(C)(C)CCC. The minimum atomic E-state index is -1.07. The number of benzene rings is 4. The number of rotatable bonds is 40. The molecule has 4 aromatic carbocycles. The normalized spacial score (nSPS) is 12.8. The molecule has 0 N–H and O–H groups in total. The molecular formula is C90H132O26. The first-order chi connectivity index (χ1) is 52.8. The van der Waals surface area contributed by atoms with E-state index >= 15 is 0 Å². The summed E-state index contributed by atoms with van der Waals surface area (Å²) in [5.41, 5.74) is -10.3. The molecule has 0 saturated carbocycles. The lowest BCUT2D eigenvalue weighted by molar-refractivity contribution is -0.313. The van der Waals surface area contributed by atoms with E-state index in [-0.39, 0.29) is 88.4 Å². The zero-order valence-corrected chi connectivity index (χ0v) is 75.0. The molecule has 0 unspecified atom stereocenters. The van der Waals surface area contributed by atoms with E-state index in [2.05, 4.69) is 0 Å². The summed E-state index contributed by atoms with van der Waals surface area (Å²) in [4.78, 5) is 222. The van der Waals surface area contributed by atoms with Crippen molar-refractivity contribution in [2.24, 2.45) is 21.7 Å². The Labute approximate surface area is 687 Å². The zero-order chi connectivity index (χ0) is 89.0. The summed E-state index contributed by atoms with van der Waals surface area (Å²) in [5, 5.41) is 0. The zero-order valence-electron chi connectivity index (χ0n) is 75.0. The van der Waals surface area contributed by atoms with Crippen molar-refractivity contribution in [1.29, 1.82) is 0 Å². The number of carbonyl (C=O) groups excluding carboxylic acids is 10. The van der Waals surface area contributed by atoms with Crippen LogP contribution in [0.25, 0.3) is 0 Å². The fraction of sp³-hybridized carbons (Fsp3) is 0.622. The number of carbonyl (C=O) groups is 10. The molecule has 0 bridgehead atoms. The van der Waals surface area contributed by atoms with Crippen molar-refractivity contribution in [2.75, 3.05) is 0 Å². The molecule has 0 saturated heterocycles. The third-order valence-electron chi connectivity index (χ3n) is 16.9. The second-order valence-electron chi connectivity index (χ2n) is 39.4. The van der Waals surface area contributed by atoms with Gasteiger partial charge in [0.25, 0.3) is 0 Å². The molecular weight excluding hydrogens is 1500 g/mol. The Morgan fingerprint density at radius 1 is 0.207 bits per heavy atom. The Morgan fingerprint density at radius 3 is 0.483 bits per heavy atom. The molecule has 648 valence electrons. The molecule has 0 atom stereocenters. The molecule has 4 rings (SSSR count). The highest BCUT2D eigenvalue weighted by Gasteiger charge is 2.38. The van der Waals surface area contributed by atoms with E-state index in [0.717, 1.165) is 49.9 Å². The van der Waals surface area contributed by atoms with Crippen molar-refractivity contribution < 1.29 is 126 Å². The summed E-state index contributed by atoms with van der Waals surface area (Å²) in [6.45, 7) is 60.0. The molecule has 4 aromatic rings. The summed E-state index contributed by atoms with van der Waals surface area (Å²) < 4.78 is 0. The van der Waals surface area contributed by atoms with Crippen molar-refractivity contribution in [1.82, 2.24) is 0 Å². The van der Waals surface area contributed by atoms with Gasteiger partial charge < -0.3 is 0 Å². The first kappa shape index (κ1) is 102. The van der Waals surface area contributed by atoms with Gasteiger partial charge in [-0.3, -0.25) is 48.7 Å². The van der Waals surface area contributed by atoms with Crippen LogP contribution in [0.1, 0.15) is 413 Å². The van der Waals surface area contributed by atoms with E-state index < -0.39 is 104 Å². The third-order valence-corrected chi connectivity index (χ3v) is 16.9. The standard InChI is InChI=1S/C49H74O13.C41H58O13/c1-42(2,3)27-46(13,14)59-55-38(51)33-23-21-31(25-35(33)40(53)57-61-48(17,18)29-44(7,8)9)37(50)32-22-24-34(39(52)56-60-47(15,16)28-43(4,5)6)36(26-32)41(54)58-62-49(19,20)30-45(10,11)12;1-13-21-38(5,6)51-47-34(43)29-19-17-27(25-31(29)36(45)49-53-40(9,10)23-15-3)33(42)28-18-20-30(35(44)48-52-39(7,8)22-14-2)32(26-28)37(46)50-54-41(11,12)24-16-4/h21-26H,27-30H2,1-20H3;17-20,25-26H,13-16,21-24H2,1-12H3. The predicted octanol–water partition coefficient (Wildman–Crippen LogP) is 21.7. The lowest BCUT2D eigenvalue weighted by Gasteiger charge is -2.30. The topological polar surface area (TPSA) is 318 Å². The van der Waals surface area contributed by atoms with E-state index in [4.69, 9.17) is 78.2 Å². The monoisotopic (exact) mass is 1630 g/mol. The quantitative estimate of drug-likeness (QED) is 0.0227. The summed E-state index contributed by atoms with van der Waals surface area (Å²) in [6.07, 6.45) is 7.38. The van der Waals surface area contributed by atoms with E-state index in [9.17, 15) is 47.9 Å². The molecule has 0 aliphatic heterocycles. The van der Waals surface area contributed by atoms with Crippen molar-refractivity contribution in [3.8, 4) is 0 Å². The van der Waals surface area contributed by atoms with Gasteiger partial charge >= 0.3 is 47.8 Å². The van der Waals surface area contributed by atoms with Gasteiger partial charge in [0, 0.05) is 22.3 Å². The van der Waals surface area contributed by atoms with Gasteiger partial charge in [0.05, 0.1) is 44.5 Å². The van der Waals surface area contributed by atoms with Crippen LogP contribution in [0.15, 0.2) is 72.8 Å². The molecule has 0 heterocycles. The molecule has 0 radical (unpaired) electrons. The molecule has 26 heteroatoms. The van der Waals surface area contributed by atoms with Gasteiger partial charge in [-0.05, 0) is 232 Å². The largest absolute Gasteiger partial charge is 0.374 e. The summed E-state index contributed by atoms with van der Waals surface area (Å²) in [7, 11) is 0. The Balaban J connectivity index is 0.000000606. The van der Waals surface area contributed by atoms with Crippen LogP contribution in [0.2, 0.25) is 0 Å². The molecule has 0 spiro atoms. The summed E-state index contributed by atoms with van der Waals surface area (Å²) in [5.74, 6) is -9.67. The Hall–Kier alpha value is -8.34. The maximum absolute atomic E-state index is 14.2. The van der Waals surface area contributed by atoms with Gasteiger partial charge in [-0.25, -0.2) is 38.4 Å². The lowest BCUT2D eigenvalue weighted by atomic mass is 9.84. The molecule has 0 aromatic heterocycles. The van der Waals surface area contributed by atoms with Crippen LogP contribution < -0.4 is 0 Å². The van der Waals surface area contributed by atoms with Gasteiger partial charge in [0.1, 0.15) is 44.8 Å². The van der Waals surface area contributed by atoms with Crippen molar-refractivity contribution >= 4 is 59.3 Å². The first-order valence-corrected chi connectivity index (χ1v) is 39.7. The third kappa shape index (κ3) is 35.9. The van der Waals surface area contributed by atoms with Gasteiger partial charge in [-0.1, -0.05) is 161 Å². The average molecular weight is 1630 g/mol. The van der Waals surface area contributed by atoms with Gasteiger partial charge in [-0.15, -0.1) is 0 Å². The van der Waals surface area contributed by atoms with Crippen LogP contribution in [0.4, 0.5) is 0 Å². The van der Waals surface area contributed by atoms with Crippen LogP contribution >= 0.6 is 0 Å². The average Bonchev–Trinajstić information content (AvgIpc) is 0.798. The summed E-state index contributed by atoms with van der Waals surface area (Å²) >= 11 is 0. The predicted molar refractivity (Wildman–Crippen MR) is 433 cm³/mol. The van der Waals surface area contributed by atoms with Crippen molar-refractivity contribution in [3.63, 3.8) is 0 Å². The van der Waals surface area contributed by atoms with E-state index in [1.807, 2.05) is 111 Å². The second kappa shape index (κ2) is 41.4. The number of ketones is 2. The first-order valence-electron chi connectivity index (χ1n) is 39.7. The molecule has 0 aliphatic rings. The van der Waals surface area contributed by atoms with Crippen LogP contribution in [-0.4, -0.2) is 104 Å². The highest BCUT2D eigenvalue weighted by molar-refractivity contribution is 6.15. The highest BCUT2D eigenvalue weighted by Crippen LogP contribution is 2.36. The molecule has 0 aliphatic carbocycles. The Kier molecular flexibility index (Phi) is 36.3. The Morgan fingerprint density at radius 2 is 0.345 bits per heavy atom. The van der Waals surface area contributed by atoms with E-state index in [1.54, 1.807) is 111 Å². The van der Waals surface area contributed by atoms with E-state index in [0.29, 0.717) is 51.4 Å². The molecule has 26 nitrogen and oxygen atoms in total. The smallest absolute Gasteiger partial charge is 0.292 e. The minimum Gasteiger partial charge on any atom is -0.292 e. The maximum Gasteiger partial charge on any atom is 0.374 e. The van der Waals surface area contributed by atoms with Crippen LogP contribution in [0.3, 0.4) is 0 Å². The summed E-state index contributed by atoms with van der Waals surface area (Å²) in [6, 6.07) is 14.7. The van der Waals surface area contributed by atoms with Gasteiger partial charge in [-0.2, -0.15) is 39.1 Å². The van der Waals surface area contributed by atoms with Crippen molar-refractivity contribution in [2.45, 2.75) is 343 Å². The second-order valence-corrected chi connectivity index (χ2v) is 39.4. The van der Waals surface area contributed by atoms with Gasteiger partial charge in [0.2, 0.25) is 0 Å². The highest BCUT2D eigenvalue weighted by atomic mass is 17.2. The maximum atomic E-state index is 14.2. The minimum absolute atomic E-state index is 0.0711. The lowest BCUT2D eigenvalue weighted by Crippen LogP contribution is -2.32. The van der Waals surface area contributed by atoms with Crippen molar-refractivity contribution in [3.05, 3.63) is 140 Å². The fourth-order valence-corrected chi connectivity index (χ4v) is 13.8. The number of hydrogen-bond acceptors (Lipinski definition) is 26. The molecule has 116 heavy (non-hydrogen) atoms. The fourth-order valence-electron chi connectivity index (χ4n) is 13.8. The molecule has 0 fully saturated rings.